The summed E-state index contributed by atoms with van der Waals surface area (Å²) in [6.07, 6.45) is 2.27. The monoisotopic (exact) mass is 509 g/mol. The van der Waals surface area contributed by atoms with Gasteiger partial charge < -0.3 is 15.1 Å². The molecule has 0 spiro atoms. The second-order valence-electron chi connectivity index (χ2n) is 8.37. The zero-order valence-corrected chi connectivity index (χ0v) is 21.3. The molecule has 0 aliphatic heterocycles. The summed E-state index contributed by atoms with van der Waals surface area (Å²) in [6, 6.07) is 5.62. The van der Waals surface area contributed by atoms with Crippen LogP contribution in [-0.2, 0) is 19.8 Å². The van der Waals surface area contributed by atoms with Gasteiger partial charge in [0.25, 0.3) is 0 Å². The number of nitrogens with zero attached hydrogens (tertiary/aromatic N) is 3. The maximum atomic E-state index is 13.6. The fourth-order valence-corrected chi connectivity index (χ4v) is 3.64. The Balaban J connectivity index is 2.51. The van der Waals surface area contributed by atoms with Crippen molar-refractivity contribution >= 4 is 22.0 Å². The van der Waals surface area contributed by atoms with E-state index in [0.29, 0.717) is 22.5 Å². The van der Waals surface area contributed by atoms with Crippen LogP contribution in [0.25, 0.3) is 17.3 Å². The molecule has 2 aromatic rings. The Labute approximate surface area is 205 Å². The molecule has 0 saturated carbocycles. The van der Waals surface area contributed by atoms with E-state index in [2.05, 4.69) is 21.4 Å². The Hall–Kier alpha value is -2.86. The number of aliphatic hydroxyl groups is 2. The molecule has 192 valence electrons. The topological polar surface area (TPSA) is 122 Å². The van der Waals surface area contributed by atoms with Gasteiger partial charge in [0.15, 0.2) is 0 Å². The predicted molar refractivity (Wildman–Crippen MR) is 132 cm³/mol. The Bertz CT molecular complexity index is 1150. The Morgan fingerprint density at radius 2 is 1.86 bits per heavy atom. The molecule has 0 aliphatic rings. The van der Waals surface area contributed by atoms with Crippen molar-refractivity contribution in [3.05, 3.63) is 59.8 Å². The molecule has 0 fully saturated rings. The lowest BCUT2D eigenvalue weighted by atomic mass is 9.97. The van der Waals surface area contributed by atoms with Gasteiger partial charge in [-0.3, -0.25) is 0 Å². The fraction of sp³-hybridized carbons (Fsp3) is 0.417. The molecule has 0 saturated heterocycles. The van der Waals surface area contributed by atoms with E-state index in [1.54, 1.807) is 6.08 Å². The highest BCUT2D eigenvalue weighted by Crippen LogP contribution is 2.31. The number of hydrogen-bond donors (Lipinski definition) is 2. The lowest BCUT2D eigenvalue weighted by molar-refractivity contribution is -0.240. The van der Waals surface area contributed by atoms with Gasteiger partial charge in [-0.25, -0.2) is 27.1 Å². The Kier molecular flexibility index (Phi) is 9.90. The summed E-state index contributed by atoms with van der Waals surface area (Å²) in [5.41, 5.74) is 2.00. The highest BCUT2D eigenvalue weighted by atomic mass is 32.2. The standard InChI is InChI=1S/C24H32FN3O6S/c1-15(2)22-21(12-11-19(29)14-20(30)13-16(3)34-33-5)23(17-7-9-18(25)10-8-17)27-24(26-22)28(4)35(6,31)32/h7-12,15,19-20,29-30H,3,13-14H2,1-2,4-6H3/b12-11+/t19-,20+/m1/s1. The van der Waals surface area contributed by atoms with Crippen molar-refractivity contribution in [1.29, 1.82) is 0 Å². The molecular formula is C24H32FN3O6S. The maximum Gasteiger partial charge on any atom is 0.239 e. The van der Waals surface area contributed by atoms with Gasteiger partial charge in [0.1, 0.15) is 11.6 Å². The highest BCUT2D eigenvalue weighted by Gasteiger charge is 2.22. The third kappa shape index (κ3) is 8.10. The number of hydrogen-bond acceptors (Lipinski definition) is 8. The summed E-state index contributed by atoms with van der Waals surface area (Å²) < 4.78 is 38.8. The molecule has 2 N–H and O–H groups in total. The van der Waals surface area contributed by atoms with Crippen molar-refractivity contribution in [1.82, 2.24) is 9.97 Å². The minimum absolute atomic E-state index is 0.00123. The second kappa shape index (κ2) is 12.2. The minimum Gasteiger partial charge on any atom is -0.393 e. The van der Waals surface area contributed by atoms with Crippen molar-refractivity contribution in [2.45, 2.75) is 44.8 Å². The van der Waals surface area contributed by atoms with E-state index in [4.69, 9.17) is 4.89 Å². The van der Waals surface area contributed by atoms with Crippen molar-refractivity contribution in [3.63, 3.8) is 0 Å². The van der Waals surface area contributed by atoms with Gasteiger partial charge >= 0.3 is 0 Å². The Morgan fingerprint density at radius 3 is 2.40 bits per heavy atom. The molecule has 1 heterocycles. The molecule has 0 unspecified atom stereocenters. The average molecular weight is 510 g/mol. The lowest BCUT2D eigenvalue weighted by Gasteiger charge is -2.20. The van der Waals surface area contributed by atoms with Crippen LogP contribution in [-0.4, -0.2) is 61.2 Å². The summed E-state index contributed by atoms with van der Waals surface area (Å²) in [6.45, 7) is 7.39. The van der Waals surface area contributed by atoms with Crippen molar-refractivity contribution in [2.24, 2.45) is 0 Å². The molecule has 0 aliphatic carbocycles. The van der Waals surface area contributed by atoms with Crippen LogP contribution in [0.15, 0.2) is 42.7 Å². The first-order chi connectivity index (χ1) is 16.3. The number of aromatic nitrogens is 2. The molecule has 9 nitrogen and oxygen atoms in total. The first kappa shape index (κ1) is 28.4. The number of benzene rings is 1. The highest BCUT2D eigenvalue weighted by molar-refractivity contribution is 7.92. The molecule has 2 atom stereocenters. The van der Waals surface area contributed by atoms with Crippen LogP contribution in [0.4, 0.5) is 10.3 Å². The van der Waals surface area contributed by atoms with Crippen LogP contribution in [0.1, 0.15) is 43.9 Å². The predicted octanol–water partition coefficient (Wildman–Crippen LogP) is 3.41. The van der Waals surface area contributed by atoms with Crippen LogP contribution in [0.2, 0.25) is 0 Å². The number of sulfonamides is 1. The SMILES string of the molecule is C=C(C[C@H](O)C[C@H](O)/C=C/c1c(-c2ccc(F)cc2)nc(N(C)S(C)(=O)=O)nc1C(C)C)OOC. The number of rotatable bonds is 12. The van der Waals surface area contributed by atoms with Gasteiger partial charge in [-0.2, -0.15) is 4.89 Å². The molecule has 2 rings (SSSR count). The van der Waals surface area contributed by atoms with E-state index < -0.39 is 28.0 Å². The average Bonchev–Trinajstić information content (AvgIpc) is 2.76. The van der Waals surface area contributed by atoms with E-state index >= 15 is 0 Å². The largest absolute Gasteiger partial charge is 0.393 e. The van der Waals surface area contributed by atoms with E-state index in [0.717, 1.165) is 10.6 Å². The minimum atomic E-state index is -3.63. The van der Waals surface area contributed by atoms with Gasteiger partial charge in [0, 0.05) is 31.0 Å². The molecule has 0 bridgehead atoms. The van der Waals surface area contributed by atoms with E-state index in [-0.39, 0.29) is 30.5 Å². The summed E-state index contributed by atoms with van der Waals surface area (Å²) in [5.74, 6) is -0.377. The molecule has 35 heavy (non-hydrogen) atoms. The lowest BCUT2D eigenvalue weighted by Crippen LogP contribution is -2.27. The third-order valence-electron chi connectivity index (χ3n) is 5.07. The molecule has 11 heteroatoms. The maximum absolute atomic E-state index is 13.6. The van der Waals surface area contributed by atoms with Crippen molar-refractivity contribution in [2.75, 3.05) is 24.7 Å². The zero-order valence-electron chi connectivity index (χ0n) is 20.5. The smallest absolute Gasteiger partial charge is 0.239 e. The third-order valence-corrected chi connectivity index (χ3v) is 6.23. The van der Waals surface area contributed by atoms with E-state index in [1.807, 2.05) is 13.8 Å². The van der Waals surface area contributed by atoms with Crippen molar-refractivity contribution < 1.29 is 32.8 Å². The first-order valence-corrected chi connectivity index (χ1v) is 12.7. The summed E-state index contributed by atoms with van der Waals surface area (Å²) in [4.78, 5) is 18.2. The number of aliphatic hydroxyl groups excluding tert-OH is 2. The summed E-state index contributed by atoms with van der Waals surface area (Å²) in [7, 11) is -0.961. The van der Waals surface area contributed by atoms with Crippen LogP contribution in [0.3, 0.4) is 0 Å². The van der Waals surface area contributed by atoms with Crippen molar-refractivity contribution in [3.8, 4) is 11.3 Å². The fourth-order valence-electron chi connectivity index (χ4n) is 3.26. The van der Waals surface area contributed by atoms with Crippen LogP contribution in [0, 0.1) is 5.82 Å². The van der Waals surface area contributed by atoms with Gasteiger partial charge in [-0.1, -0.05) is 32.6 Å². The summed E-state index contributed by atoms with van der Waals surface area (Å²) in [5, 5.41) is 20.7. The van der Waals surface area contributed by atoms with Crippen LogP contribution in [0.5, 0.6) is 0 Å². The van der Waals surface area contributed by atoms with Crippen LogP contribution >= 0.6 is 0 Å². The normalized spacial score (nSPS) is 13.7. The van der Waals surface area contributed by atoms with Gasteiger partial charge in [0.05, 0.1) is 37.0 Å². The second-order valence-corrected chi connectivity index (χ2v) is 10.4. The van der Waals surface area contributed by atoms with Gasteiger partial charge in [-0.15, -0.1) is 0 Å². The van der Waals surface area contributed by atoms with Gasteiger partial charge in [-0.05, 0) is 30.2 Å². The number of halogens is 1. The molecular weight excluding hydrogens is 477 g/mol. The molecule has 0 amide bonds. The quantitative estimate of drug-likeness (QED) is 0.254. The van der Waals surface area contributed by atoms with E-state index in [9.17, 15) is 23.0 Å². The van der Waals surface area contributed by atoms with E-state index in [1.165, 1.54) is 44.5 Å². The number of anilines is 1. The molecule has 1 aromatic carbocycles. The first-order valence-electron chi connectivity index (χ1n) is 10.9. The van der Waals surface area contributed by atoms with Crippen LogP contribution < -0.4 is 4.31 Å². The van der Waals surface area contributed by atoms with Gasteiger partial charge in [0.2, 0.25) is 16.0 Å². The molecule has 1 aromatic heterocycles. The zero-order chi connectivity index (χ0) is 26.3. The Morgan fingerprint density at radius 1 is 1.23 bits per heavy atom. The summed E-state index contributed by atoms with van der Waals surface area (Å²) >= 11 is 0. The molecule has 0 radical (unpaired) electrons.